The molecule has 1 aromatic carbocycles. The highest BCUT2D eigenvalue weighted by molar-refractivity contribution is 5.35. The molecule has 0 amide bonds. The van der Waals surface area contributed by atoms with Crippen LogP contribution in [-0.4, -0.2) is 40.1 Å². The number of hydrogen-bond acceptors (Lipinski definition) is 4. The predicted molar refractivity (Wildman–Crippen MR) is 81.3 cm³/mol. The van der Waals surface area contributed by atoms with Crippen molar-refractivity contribution < 1.29 is 14.2 Å². The lowest BCUT2D eigenvalue weighted by Crippen LogP contribution is -2.29. The molecule has 114 valence electrons. The van der Waals surface area contributed by atoms with Crippen LogP contribution in [-0.2, 0) is 9.47 Å². The lowest BCUT2D eigenvalue weighted by atomic mass is 10.1. The Morgan fingerprint density at radius 1 is 1.15 bits per heavy atom. The highest BCUT2D eigenvalue weighted by Crippen LogP contribution is 2.25. The third-order valence-electron chi connectivity index (χ3n) is 3.10. The second kappa shape index (κ2) is 9.75. The first-order valence-electron chi connectivity index (χ1n) is 7.19. The van der Waals surface area contributed by atoms with Crippen LogP contribution in [0, 0.1) is 0 Å². The first-order chi connectivity index (χ1) is 9.72. The van der Waals surface area contributed by atoms with E-state index in [1.54, 1.807) is 14.2 Å². The van der Waals surface area contributed by atoms with Gasteiger partial charge in [0.1, 0.15) is 5.75 Å². The molecule has 0 radical (unpaired) electrons. The van der Waals surface area contributed by atoms with Gasteiger partial charge in [0, 0.05) is 12.7 Å². The summed E-state index contributed by atoms with van der Waals surface area (Å²) in [6, 6.07) is 8.20. The summed E-state index contributed by atoms with van der Waals surface area (Å²) in [7, 11) is 3.39. The molecule has 4 heteroatoms. The van der Waals surface area contributed by atoms with E-state index in [-0.39, 0.29) is 12.1 Å². The Bertz CT molecular complexity index is 370. The van der Waals surface area contributed by atoms with Crippen LogP contribution in [0.5, 0.6) is 5.75 Å². The standard InChI is InChI=1S/C16H27NO3/c1-5-10-17-15(12-20-13(2)11-18-3)14-8-6-7-9-16(14)19-4/h6-9,13,15,17H,5,10-12H2,1-4H3. The number of para-hydroxylation sites is 1. The van der Waals surface area contributed by atoms with Gasteiger partial charge >= 0.3 is 0 Å². The van der Waals surface area contributed by atoms with E-state index >= 15 is 0 Å². The van der Waals surface area contributed by atoms with Gasteiger partial charge in [0.2, 0.25) is 0 Å². The van der Waals surface area contributed by atoms with Crippen LogP contribution in [0.4, 0.5) is 0 Å². The quantitative estimate of drug-likeness (QED) is 0.716. The van der Waals surface area contributed by atoms with Gasteiger partial charge in [-0.3, -0.25) is 0 Å². The Balaban J connectivity index is 2.72. The van der Waals surface area contributed by atoms with Gasteiger partial charge in [-0.15, -0.1) is 0 Å². The van der Waals surface area contributed by atoms with Crippen molar-refractivity contribution in [3.63, 3.8) is 0 Å². The molecule has 1 N–H and O–H groups in total. The number of rotatable bonds is 10. The van der Waals surface area contributed by atoms with Crippen molar-refractivity contribution in [3.05, 3.63) is 29.8 Å². The smallest absolute Gasteiger partial charge is 0.123 e. The van der Waals surface area contributed by atoms with Crippen molar-refractivity contribution in [3.8, 4) is 5.75 Å². The maximum absolute atomic E-state index is 5.85. The Hall–Kier alpha value is -1.10. The zero-order valence-electron chi connectivity index (χ0n) is 13.0. The molecule has 1 rings (SSSR count). The molecule has 20 heavy (non-hydrogen) atoms. The van der Waals surface area contributed by atoms with Crippen LogP contribution >= 0.6 is 0 Å². The minimum atomic E-state index is 0.0839. The predicted octanol–water partition coefficient (Wildman–Crippen LogP) is 2.79. The fraction of sp³-hybridized carbons (Fsp3) is 0.625. The van der Waals surface area contributed by atoms with Crippen molar-refractivity contribution in [1.29, 1.82) is 0 Å². The fourth-order valence-corrected chi connectivity index (χ4v) is 2.07. The van der Waals surface area contributed by atoms with Crippen LogP contribution < -0.4 is 10.1 Å². The van der Waals surface area contributed by atoms with E-state index in [0.29, 0.717) is 13.2 Å². The van der Waals surface area contributed by atoms with Gasteiger partial charge in [-0.25, -0.2) is 0 Å². The molecule has 0 saturated carbocycles. The third kappa shape index (κ3) is 5.49. The maximum Gasteiger partial charge on any atom is 0.123 e. The molecule has 2 unspecified atom stereocenters. The van der Waals surface area contributed by atoms with Crippen molar-refractivity contribution in [2.45, 2.75) is 32.4 Å². The summed E-state index contributed by atoms with van der Waals surface area (Å²) in [6.45, 7) is 6.32. The van der Waals surface area contributed by atoms with Crippen molar-refractivity contribution in [2.75, 3.05) is 34.0 Å². The molecule has 0 aliphatic heterocycles. The van der Waals surface area contributed by atoms with Crippen LogP contribution in [0.15, 0.2) is 24.3 Å². The lowest BCUT2D eigenvalue weighted by molar-refractivity contribution is -0.000741. The molecule has 0 bridgehead atoms. The highest BCUT2D eigenvalue weighted by Gasteiger charge is 2.16. The van der Waals surface area contributed by atoms with Crippen LogP contribution in [0.3, 0.4) is 0 Å². The van der Waals surface area contributed by atoms with Gasteiger partial charge in [-0.2, -0.15) is 0 Å². The number of methoxy groups -OCH3 is 2. The minimum absolute atomic E-state index is 0.0839. The van der Waals surface area contributed by atoms with Gasteiger partial charge < -0.3 is 19.5 Å². The first-order valence-corrected chi connectivity index (χ1v) is 7.19. The summed E-state index contributed by atoms with van der Waals surface area (Å²) >= 11 is 0. The summed E-state index contributed by atoms with van der Waals surface area (Å²) < 4.78 is 16.4. The summed E-state index contributed by atoms with van der Waals surface area (Å²) in [6.07, 6.45) is 1.17. The molecule has 0 spiro atoms. The van der Waals surface area contributed by atoms with Crippen LogP contribution in [0.25, 0.3) is 0 Å². The second-order valence-electron chi connectivity index (χ2n) is 4.85. The zero-order chi connectivity index (χ0) is 14.8. The van der Waals surface area contributed by atoms with Crippen LogP contribution in [0.2, 0.25) is 0 Å². The second-order valence-corrected chi connectivity index (χ2v) is 4.85. The summed E-state index contributed by atoms with van der Waals surface area (Å²) in [5.41, 5.74) is 1.13. The number of ether oxygens (including phenoxy) is 3. The van der Waals surface area contributed by atoms with Gasteiger partial charge in [-0.05, 0) is 26.0 Å². The zero-order valence-corrected chi connectivity index (χ0v) is 13.0. The summed E-state index contributed by atoms with van der Waals surface area (Å²) in [5.74, 6) is 0.893. The molecule has 4 nitrogen and oxygen atoms in total. The normalized spacial score (nSPS) is 14.0. The van der Waals surface area contributed by atoms with E-state index in [4.69, 9.17) is 14.2 Å². The van der Waals surface area contributed by atoms with E-state index in [0.717, 1.165) is 24.3 Å². The maximum atomic E-state index is 5.85. The molecular formula is C16H27NO3. The number of hydrogen-bond donors (Lipinski definition) is 1. The van der Waals surface area contributed by atoms with E-state index in [1.165, 1.54) is 0 Å². The van der Waals surface area contributed by atoms with E-state index in [9.17, 15) is 0 Å². The van der Waals surface area contributed by atoms with Crippen molar-refractivity contribution >= 4 is 0 Å². The van der Waals surface area contributed by atoms with E-state index in [1.807, 2.05) is 25.1 Å². The molecular weight excluding hydrogens is 254 g/mol. The number of benzene rings is 1. The average molecular weight is 281 g/mol. The highest BCUT2D eigenvalue weighted by atomic mass is 16.5. The minimum Gasteiger partial charge on any atom is -0.496 e. The summed E-state index contributed by atoms with van der Waals surface area (Å²) in [5, 5.41) is 3.51. The van der Waals surface area contributed by atoms with E-state index in [2.05, 4.69) is 18.3 Å². The lowest BCUT2D eigenvalue weighted by Gasteiger charge is -2.23. The van der Waals surface area contributed by atoms with Crippen molar-refractivity contribution in [1.82, 2.24) is 5.32 Å². The summed E-state index contributed by atoms with van der Waals surface area (Å²) in [4.78, 5) is 0. The molecule has 2 atom stereocenters. The fourth-order valence-electron chi connectivity index (χ4n) is 2.07. The molecule has 0 fully saturated rings. The van der Waals surface area contributed by atoms with Gasteiger partial charge in [0.15, 0.2) is 0 Å². The van der Waals surface area contributed by atoms with Crippen molar-refractivity contribution in [2.24, 2.45) is 0 Å². The topological polar surface area (TPSA) is 39.7 Å². The monoisotopic (exact) mass is 281 g/mol. The Labute approximate surface area is 122 Å². The molecule has 0 aromatic heterocycles. The Morgan fingerprint density at radius 3 is 2.55 bits per heavy atom. The molecule has 0 aliphatic carbocycles. The van der Waals surface area contributed by atoms with Gasteiger partial charge in [-0.1, -0.05) is 25.1 Å². The first kappa shape index (κ1) is 17.0. The molecule has 0 saturated heterocycles. The molecule has 1 aromatic rings. The largest absolute Gasteiger partial charge is 0.496 e. The molecule has 0 aliphatic rings. The van der Waals surface area contributed by atoms with Crippen LogP contribution in [0.1, 0.15) is 31.9 Å². The average Bonchev–Trinajstić information content (AvgIpc) is 2.48. The third-order valence-corrected chi connectivity index (χ3v) is 3.10. The molecule has 0 heterocycles. The Morgan fingerprint density at radius 2 is 1.90 bits per heavy atom. The SMILES string of the molecule is CCCNC(COC(C)COC)c1ccccc1OC. The Kier molecular flexibility index (Phi) is 8.26. The van der Waals surface area contributed by atoms with Gasteiger partial charge in [0.05, 0.1) is 32.5 Å². The number of nitrogens with one attached hydrogen (secondary N) is 1. The van der Waals surface area contributed by atoms with E-state index < -0.39 is 0 Å². The van der Waals surface area contributed by atoms with Gasteiger partial charge in [0.25, 0.3) is 0 Å².